The lowest BCUT2D eigenvalue weighted by Gasteiger charge is -1.99. The topological polar surface area (TPSA) is 195 Å². The van der Waals surface area contributed by atoms with Crippen LogP contribution in [0.5, 0.6) is 0 Å². The van der Waals surface area contributed by atoms with Crippen molar-refractivity contribution in [3.05, 3.63) is 27.2 Å². The van der Waals surface area contributed by atoms with Crippen molar-refractivity contribution in [2.45, 2.75) is 12.5 Å². The molecule has 0 saturated carbocycles. The first kappa shape index (κ1) is 15.1. The average molecular weight is 285 g/mol. The van der Waals surface area contributed by atoms with Crippen LogP contribution in [0.3, 0.4) is 0 Å². The summed E-state index contributed by atoms with van der Waals surface area (Å²) in [7, 11) is 0. The van der Waals surface area contributed by atoms with E-state index < -0.39 is 35.7 Å². The van der Waals surface area contributed by atoms with E-state index in [1.54, 1.807) is 0 Å². The van der Waals surface area contributed by atoms with Crippen LogP contribution < -0.4 is 17.0 Å². The van der Waals surface area contributed by atoms with Crippen LogP contribution in [0.4, 0.5) is 0 Å². The number of carbonyl (C=O) groups is 2. The number of aliphatic carboxylic acids is 2. The van der Waals surface area contributed by atoms with Gasteiger partial charge >= 0.3 is 17.6 Å². The van der Waals surface area contributed by atoms with Crippen LogP contribution in [0, 0.1) is 0 Å². The molecule has 0 saturated heterocycles. The van der Waals surface area contributed by atoms with Gasteiger partial charge in [-0.25, -0.2) is 9.78 Å². The Kier molecular flexibility index (Phi) is 4.75. The number of fused-ring (bicyclic) bond motifs is 1. The summed E-state index contributed by atoms with van der Waals surface area (Å²) in [5.41, 5.74) is 4.39. The predicted octanol–water partition coefficient (Wildman–Crippen LogP) is -2.19. The van der Waals surface area contributed by atoms with Gasteiger partial charge in [-0.3, -0.25) is 24.4 Å². The molecule has 2 rings (SSSR count). The van der Waals surface area contributed by atoms with Crippen LogP contribution in [0.1, 0.15) is 6.42 Å². The number of aromatic nitrogens is 4. The lowest BCUT2D eigenvalue weighted by Crippen LogP contribution is -2.32. The Hall–Kier alpha value is -2.95. The number of aromatic amines is 3. The van der Waals surface area contributed by atoms with Crippen molar-refractivity contribution in [3.63, 3.8) is 0 Å². The standard InChI is InChI=1S/C5H4N4O2.C4H7NO4/c10-4-2-3(7-1-6-2)8-5(11)9-4;5-2(4(8)9)1-3(6)7/h1H,(H3,6,7,8,9,10,11);2H,1,5H2,(H,6,7)(H,8,9). The molecular weight excluding hydrogens is 274 g/mol. The van der Waals surface area contributed by atoms with Crippen LogP contribution in [0.2, 0.25) is 0 Å². The van der Waals surface area contributed by atoms with Crippen molar-refractivity contribution in [1.82, 2.24) is 19.9 Å². The maximum atomic E-state index is 10.9. The Morgan fingerprint density at radius 1 is 1.30 bits per heavy atom. The summed E-state index contributed by atoms with van der Waals surface area (Å²) in [5, 5.41) is 16.0. The molecule has 20 heavy (non-hydrogen) atoms. The molecule has 7 N–H and O–H groups in total. The van der Waals surface area contributed by atoms with Gasteiger partial charge in [0.15, 0.2) is 5.65 Å². The van der Waals surface area contributed by atoms with Crippen molar-refractivity contribution in [3.8, 4) is 0 Å². The SMILES string of the molecule is NC(CC(=O)O)C(=O)O.O=c1[nH]c(=O)c2[nH]cnc2[nH]1. The zero-order valence-corrected chi connectivity index (χ0v) is 9.91. The zero-order chi connectivity index (χ0) is 15.3. The molecule has 0 spiro atoms. The van der Waals surface area contributed by atoms with E-state index in [2.05, 4.69) is 19.9 Å². The van der Waals surface area contributed by atoms with Gasteiger partial charge in [0.1, 0.15) is 11.6 Å². The third kappa shape index (κ3) is 4.06. The van der Waals surface area contributed by atoms with Gasteiger partial charge in [-0.1, -0.05) is 0 Å². The number of carboxylic acid groups (broad SMARTS) is 2. The number of hydrogen-bond acceptors (Lipinski definition) is 6. The first-order valence-corrected chi connectivity index (χ1v) is 5.17. The molecule has 0 aromatic carbocycles. The number of imidazole rings is 1. The number of nitrogens with one attached hydrogen (secondary N) is 3. The molecule has 0 fully saturated rings. The van der Waals surface area contributed by atoms with E-state index >= 15 is 0 Å². The summed E-state index contributed by atoms with van der Waals surface area (Å²) in [6.07, 6.45) is 0.811. The highest BCUT2D eigenvalue weighted by molar-refractivity contribution is 5.80. The molecule has 11 nitrogen and oxygen atoms in total. The van der Waals surface area contributed by atoms with Gasteiger partial charge in [-0.15, -0.1) is 0 Å². The van der Waals surface area contributed by atoms with Crippen molar-refractivity contribution in [1.29, 1.82) is 0 Å². The minimum absolute atomic E-state index is 0.277. The fraction of sp³-hybridized carbons (Fsp3) is 0.222. The zero-order valence-electron chi connectivity index (χ0n) is 9.91. The normalized spacial score (nSPS) is 11.4. The highest BCUT2D eigenvalue weighted by Crippen LogP contribution is 1.92. The van der Waals surface area contributed by atoms with E-state index in [0.29, 0.717) is 0 Å². The second kappa shape index (κ2) is 6.29. The van der Waals surface area contributed by atoms with Gasteiger partial charge in [0, 0.05) is 0 Å². The molecular formula is C9H11N5O6. The third-order valence-electron chi connectivity index (χ3n) is 2.04. The molecule has 0 aliphatic heterocycles. The molecule has 2 aromatic heterocycles. The van der Waals surface area contributed by atoms with Gasteiger partial charge in [-0.05, 0) is 0 Å². The smallest absolute Gasteiger partial charge is 0.327 e. The first-order valence-electron chi connectivity index (χ1n) is 5.17. The first-order chi connectivity index (χ1) is 9.31. The maximum Gasteiger partial charge on any atom is 0.327 e. The number of hydrogen-bond donors (Lipinski definition) is 6. The van der Waals surface area contributed by atoms with Crippen LogP contribution in [-0.4, -0.2) is 48.1 Å². The van der Waals surface area contributed by atoms with Crippen molar-refractivity contribution in [2.24, 2.45) is 5.73 Å². The van der Waals surface area contributed by atoms with Gasteiger partial charge in [0.25, 0.3) is 5.56 Å². The monoisotopic (exact) mass is 285 g/mol. The van der Waals surface area contributed by atoms with Crippen molar-refractivity contribution >= 4 is 23.1 Å². The van der Waals surface area contributed by atoms with Gasteiger partial charge < -0.3 is 20.9 Å². The average Bonchev–Trinajstić information content (AvgIpc) is 2.77. The molecule has 0 amide bonds. The van der Waals surface area contributed by atoms with E-state index in [0.717, 1.165) is 0 Å². The summed E-state index contributed by atoms with van der Waals surface area (Å²) in [5.74, 6) is -2.50. The molecule has 1 unspecified atom stereocenters. The quantitative estimate of drug-likeness (QED) is 0.365. The summed E-state index contributed by atoms with van der Waals surface area (Å²) in [4.78, 5) is 51.9. The van der Waals surface area contributed by atoms with Crippen LogP contribution in [0.25, 0.3) is 11.2 Å². The molecule has 2 aromatic rings. The van der Waals surface area contributed by atoms with E-state index in [4.69, 9.17) is 15.9 Å². The molecule has 1 atom stereocenters. The third-order valence-corrected chi connectivity index (χ3v) is 2.04. The van der Waals surface area contributed by atoms with E-state index in [9.17, 15) is 19.2 Å². The van der Waals surface area contributed by atoms with E-state index in [1.165, 1.54) is 6.33 Å². The van der Waals surface area contributed by atoms with Crippen LogP contribution in [-0.2, 0) is 9.59 Å². The molecule has 0 aliphatic rings. The highest BCUT2D eigenvalue weighted by atomic mass is 16.4. The van der Waals surface area contributed by atoms with Crippen LogP contribution >= 0.6 is 0 Å². The summed E-state index contributed by atoms with van der Waals surface area (Å²) in [6.45, 7) is 0. The lowest BCUT2D eigenvalue weighted by molar-refractivity contribution is -0.144. The Morgan fingerprint density at radius 2 is 1.95 bits per heavy atom. The Morgan fingerprint density at radius 3 is 2.45 bits per heavy atom. The molecule has 0 bridgehead atoms. The van der Waals surface area contributed by atoms with E-state index in [-0.39, 0.29) is 11.2 Å². The molecule has 2 heterocycles. The van der Waals surface area contributed by atoms with Gasteiger partial charge in [0.05, 0.1) is 12.7 Å². The number of rotatable bonds is 3. The van der Waals surface area contributed by atoms with Gasteiger partial charge in [-0.2, -0.15) is 0 Å². The number of nitrogens with zero attached hydrogens (tertiary/aromatic N) is 1. The fourth-order valence-corrected chi connectivity index (χ4v) is 1.14. The number of carboxylic acids is 2. The second-order valence-electron chi connectivity index (χ2n) is 3.58. The summed E-state index contributed by atoms with van der Waals surface area (Å²) >= 11 is 0. The largest absolute Gasteiger partial charge is 0.481 e. The Bertz CT molecular complexity index is 728. The van der Waals surface area contributed by atoms with Crippen LogP contribution in [0.15, 0.2) is 15.9 Å². The Labute approximate surface area is 109 Å². The highest BCUT2D eigenvalue weighted by Gasteiger charge is 2.14. The minimum atomic E-state index is -1.29. The fourth-order valence-electron chi connectivity index (χ4n) is 1.14. The molecule has 108 valence electrons. The maximum absolute atomic E-state index is 10.9. The minimum Gasteiger partial charge on any atom is -0.481 e. The molecule has 0 aliphatic carbocycles. The summed E-state index contributed by atoms with van der Waals surface area (Å²) < 4.78 is 0. The molecule has 11 heteroatoms. The predicted molar refractivity (Wildman–Crippen MR) is 65.2 cm³/mol. The Balaban J connectivity index is 0.000000206. The molecule has 0 radical (unpaired) electrons. The van der Waals surface area contributed by atoms with Gasteiger partial charge in [0.2, 0.25) is 0 Å². The number of H-pyrrole nitrogens is 3. The van der Waals surface area contributed by atoms with E-state index in [1.807, 2.05) is 0 Å². The number of nitrogens with two attached hydrogens (primary N) is 1. The van der Waals surface area contributed by atoms with Crippen molar-refractivity contribution in [2.75, 3.05) is 0 Å². The summed E-state index contributed by atoms with van der Waals surface area (Å²) in [6, 6.07) is -1.29. The lowest BCUT2D eigenvalue weighted by atomic mass is 10.2. The van der Waals surface area contributed by atoms with Crippen molar-refractivity contribution < 1.29 is 19.8 Å². The second-order valence-corrected chi connectivity index (χ2v) is 3.58.